The summed E-state index contributed by atoms with van der Waals surface area (Å²) in [6.07, 6.45) is 0. The molecule has 0 saturated carbocycles. The molecule has 3 aromatic rings. The molecule has 1 aromatic carbocycles. The maximum absolute atomic E-state index is 4.09. The summed E-state index contributed by atoms with van der Waals surface area (Å²) >= 11 is 3.19. The first-order valence-electron chi connectivity index (χ1n) is 3.53. The first-order valence-corrected chi connectivity index (χ1v) is 5.19. The Balaban J connectivity index is 2.71. The van der Waals surface area contributed by atoms with Crippen LogP contribution in [0.1, 0.15) is 0 Å². The minimum Gasteiger partial charge on any atom is -0.144 e. The predicted octanol–water partition coefficient (Wildman–Crippen LogP) is 2.91. The van der Waals surface area contributed by atoms with Crippen LogP contribution in [0.3, 0.4) is 0 Å². The Morgan fingerprint density at radius 3 is 3.00 bits per heavy atom. The molecule has 0 N–H and O–H groups in total. The molecule has 2 nitrogen and oxygen atoms in total. The van der Waals surface area contributed by atoms with Crippen molar-refractivity contribution in [3.63, 3.8) is 0 Å². The third kappa shape index (κ3) is 0.735. The fraction of sp³-hybridized carbons (Fsp3) is 0. The molecular formula is C8H4N2S2. The second-order valence-corrected chi connectivity index (χ2v) is 4.25. The first-order chi connectivity index (χ1) is 5.95. The molecule has 58 valence electrons. The number of hydrogen-bond acceptors (Lipinski definition) is 4. The van der Waals surface area contributed by atoms with Crippen molar-refractivity contribution in [3.8, 4) is 0 Å². The van der Waals surface area contributed by atoms with Crippen molar-refractivity contribution < 1.29 is 0 Å². The molecule has 0 aliphatic rings. The number of hydrogen-bond donors (Lipinski definition) is 0. The van der Waals surface area contributed by atoms with Crippen molar-refractivity contribution in [1.29, 1.82) is 0 Å². The summed E-state index contributed by atoms with van der Waals surface area (Å²) in [5, 5.41) is 7.41. The van der Waals surface area contributed by atoms with Gasteiger partial charge in [-0.25, -0.2) is 0 Å². The molecule has 12 heavy (non-hydrogen) atoms. The van der Waals surface area contributed by atoms with Crippen LogP contribution in [0.15, 0.2) is 23.6 Å². The topological polar surface area (TPSA) is 25.8 Å². The molecule has 0 amide bonds. The van der Waals surface area contributed by atoms with Crippen LogP contribution in [0.2, 0.25) is 0 Å². The highest BCUT2D eigenvalue weighted by Gasteiger charge is 2.03. The highest BCUT2D eigenvalue weighted by atomic mass is 32.1. The van der Waals surface area contributed by atoms with Crippen LogP contribution in [-0.2, 0) is 0 Å². The van der Waals surface area contributed by atoms with Gasteiger partial charge in [0.05, 0.1) is 4.70 Å². The Kier molecular flexibility index (Phi) is 1.22. The summed E-state index contributed by atoms with van der Waals surface area (Å²) in [7, 11) is 0. The standard InChI is InChI=1S/C8H4N2S2/c1-2-7-8(9-10-12-7)5-3-4-11-6(1)5/h1-4H. The van der Waals surface area contributed by atoms with E-state index in [1.165, 1.54) is 26.3 Å². The average Bonchev–Trinajstić information content (AvgIpc) is 2.71. The Hall–Kier alpha value is -1.00. The molecule has 0 fully saturated rings. The third-order valence-electron chi connectivity index (χ3n) is 1.85. The zero-order valence-corrected chi connectivity index (χ0v) is 7.65. The zero-order valence-electron chi connectivity index (χ0n) is 6.02. The number of benzene rings is 1. The second-order valence-electron chi connectivity index (χ2n) is 2.52. The fourth-order valence-corrected chi connectivity index (χ4v) is 2.66. The molecule has 0 radical (unpaired) electrons. The molecule has 0 bridgehead atoms. The van der Waals surface area contributed by atoms with Gasteiger partial charge in [-0.2, -0.15) is 0 Å². The van der Waals surface area contributed by atoms with Gasteiger partial charge in [0.2, 0.25) is 0 Å². The normalized spacial score (nSPS) is 11.3. The lowest BCUT2D eigenvalue weighted by atomic mass is 10.2. The molecule has 0 aliphatic heterocycles. The Labute approximate surface area is 76.6 Å². The van der Waals surface area contributed by atoms with E-state index in [9.17, 15) is 0 Å². The molecule has 2 heterocycles. The van der Waals surface area contributed by atoms with Gasteiger partial charge in [0.15, 0.2) is 0 Å². The summed E-state index contributed by atoms with van der Waals surface area (Å²) in [5.41, 5.74) is 1.04. The zero-order chi connectivity index (χ0) is 7.97. The minimum atomic E-state index is 1.04. The maximum atomic E-state index is 4.09. The Bertz CT molecular complexity index is 488. The van der Waals surface area contributed by atoms with Crippen LogP contribution in [0.4, 0.5) is 0 Å². The van der Waals surface area contributed by atoms with E-state index in [2.05, 4.69) is 33.2 Å². The highest BCUT2D eigenvalue weighted by Crippen LogP contribution is 2.28. The van der Waals surface area contributed by atoms with Gasteiger partial charge in [-0.15, -0.1) is 16.4 Å². The third-order valence-corrected chi connectivity index (χ3v) is 3.42. The summed E-state index contributed by atoms with van der Waals surface area (Å²) in [4.78, 5) is 0. The van der Waals surface area contributed by atoms with E-state index in [4.69, 9.17) is 0 Å². The van der Waals surface area contributed by atoms with Crippen molar-refractivity contribution in [1.82, 2.24) is 9.59 Å². The van der Waals surface area contributed by atoms with Crippen LogP contribution in [0, 0.1) is 0 Å². The van der Waals surface area contributed by atoms with Crippen molar-refractivity contribution in [3.05, 3.63) is 23.6 Å². The van der Waals surface area contributed by atoms with Crippen molar-refractivity contribution >= 4 is 43.2 Å². The van der Waals surface area contributed by atoms with E-state index < -0.39 is 0 Å². The van der Waals surface area contributed by atoms with Crippen molar-refractivity contribution in [2.75, 3.05) is 0 Å². The highest BCUT2D eigenvalue weighted by molar-refractivity contribution is 7.17. The molecule has 0 atom stereocenters. The fourth-order valence-electron chi connectivity index (χ4n) is 1.29. The number of aromatic nitrogens is 2. The lowest BCUT2D eigenvalue weighted by molar-refractivity contribution is 1.20. The second kappa shape index (κ2) is 2.24. The Morgan fingerprint density at radius 1 is 1.08 bits per heavy atom. The van der Waals surface area contributed by atoms with E-state index in [1.54, 1.807) is 11.3 Å². The summed E-state index contributed by atoms with van der Waals surface area (Å²) in [5.74, 6) is 0. The molecule has 0 saturated heterocycles. The van der Waals surface area contributed by atoms with Gasteiger partial charge < -0.3 is 0 Å². The molecule has 3 rings (SSSR count). The van der Waals surface area contributed by atoms with Crippen LogP contribution in [0.25, 0.3) is 20.3 Å². The molecule has 0 unspecified atom stereocenters. The quantitative estimate of drug-likeness (QED) is 0.547. The van der Waals surface area contributed by atoms with E-state index in [1.807, 2.05) is 0 Å². The largest absolute Gasteiger partial charge is 0.144 e. The summed E-state index contributed by atoms with van der Waals surface area (Å²) < 4.78 is 6.38. The van der Waals surface area contributed by atoms with Gasteiger partial charge in [-0.3, -0.25) is 0 Å². The monoisotopic (exact) mass is 192 g/mol. The van der Waals surface area contributed by atoms with Gasteiger partial charge in [0.25, 0.3) is 0 Å². The first kappa shape index (κ1) is 6.51. The smallest absolute Gasteiger partial charge is 0.114 e. The summed E-state index contributed by atoms with van der Waals surface area (Å²) in [6, 6.07) is 6.31. The molecule has 4 heteroatoms. The van der Waals surface area contributed by atoms with E-state index in [-0.39, 0.29) is 0 Å². The lowest BCUT2D eigenvalue weighted by Gasteiger charge is -1.87. The number of rotatable bonds is 0. The van der Waals surface area contributed by atoms with E-state index >= 15 is 0 Å². The maximum Gasteiger partial charge on any atom is 0.114 e. The molecule has 0 aliphatic carbocycles. The van der Waals surface area contributed by atoms with Crippen molar-refractivity contribution in [2.45, 2.75) is 0 Å². The number of nitrogens with zero attached hydrogens (tertiary/aromatic N) is 2. The summed E-state index contributed by atoms with van der Waals surface area (Å²) in [6.45, 7) is 0. The molecule has 0 spiro atoms. The molecule has 2 aromatic heterocycles. The average molecular weight is 192 g/mol. The van der Waals surface area contributed by atoms with Gasteiger partial charge in [0, 0.05) is 10.1 Å². The van der Waals surface area contributed by atoms with Crippen LogP contribution in [-0.4, -0.2) is 9.59 Å². The van der Waals surface area contributed by atoms with Gasteiger partial charge >= 0.3 is 0 Å². The van der Waals surface area contributed by atoms with Gasteiger partial charge in [-0.1, -0.05) is 4.49 Å². The van der Waals surface area contributed by atoms with Crippen LogP contribution >= 0.6 is 22.9 Å². The van der Waals surface area contributed by atoms with E-state index in [0.29, 0.717) is 0 Å². The lowest BCUT2D eigenvalue weighted by Crippen LogP contribution is -1.68. The SMILES string of the molecule is c1cc2c(ccc3snnc32)s1. The van der Waals surface area contributed by atoms with E-state index in [0.717, 1.165) is 5.52 Å². The van der Waals surface area contributed by atoms with Gasteiger partial charge in [0.1, 0.15) is 5.52 Å². The predicted molar refractivity (Wildman–Crippen MR) is 52.8 cm³/mol. The van der Waals surface area contributed by atoms with Crippen LogP contribution < -0.4 is 0 Å². The minimum absolute atomic E-state index is 1.04. The molecular weight excluding hydrogens is 188 g/mol. The van der Waals surface area contributed by atoms with Crippen LogP contribution in [0.5, 0.6) is 0 Å². The Morgan fingerprint density at radius 2 is 2.00 bits per heavy atom. The number of fused-ring (bicyclic) bond motifs is 3. The van der Waals surface area contributed by atoms with Gasteiger partial charge in [-0.05, 0) is 35.1 Å². The van der Waals surface area contributed by atoms with Crippen molar-refractivity contribution in [2.24, 2.45) is 0 Å². The number of thiophene rings is 1.